The molecule has 20 heavy (non-hydrogen) atoms. The van der Waals surface area contributed by atoms with Gasteiger partial charge < -0.3 is 15.2 Å². The van der Waals surface area contributed by atoms with Crippen LogP contribution in [0.25, 0.3) is 0 Å². The molecule has 4 nitrogen and oxygen atoms in total. The van der Waals surface area contributed by atoms with Crippen molar-refractivity contribution in [2.75, 3.05) is 19.6 Å². The minimum Gasteiger partial charge on any atom is -0.339 e. The Morgan fingerprint density at radius 2 is 2.10 bits per heavy atom. The van der Waals surface area contributed by atoms with E-state index in [0.29, 0.717) is 16.6 Å². The fraction of sp³-hybridized carbons (Fsp3) is 0.667. The summed E-state index contributed by atoms with van der Waals surface area (Å²) in [5.41, 5.74) is 6.30. The van der Waals surface area contributed by atoms with Gasteiger partial charge in [0.1, 0.15) is 5.69 Å². The number of rotatable bonds is 4. The summed E-state index contributed by atoms with van der Waals surface area (Å²) in [6, 6.07) is 2.01. The van der Waals surface area contributed by atoms with Crippen molar-refractivity contribution in [1.82, 2.24) is 9.47 Å². The van der Waals surface area contributed by atoms with Gasteiger partial charge in [0.25, 0.3) is 5.91 Å². The summed E-state index contributed by atoms with van der Waals surface area (Å²) in [6.07, 6.45) is 5.01. The monoisotopic (exact) mass is 297 g/mol. The Balaban J connectivity index is 2.05. The van der Waals surface area contributed by atoms with Crippen LogP contribution in [0.4, 0.5) is 0 Å². The maximum Gasteiger partial charge on any atom is 0.270 e. The molecule has 1 amide bonds. The zero-order valence-electron chi connectivity index (χ0n) is 12.3. The van der Waals surface area contributed by atoms with Crippen molar-refractivity contribution in [3.8, 4) is 0 Å². The summed E-state index contributed by atoms with van der Waals surface area (Å²) in [6.45, 7) is 6.50. The molecule has 0 aliphatic carbocycles. The van der Waals surface area contributed by atoms with Gasteiger partial charge >= 0.3 is 0 Å². The van der Waals surface area contributed by atoms with E-state index >= 15 is 0 Å². The predicted molar refractivity (Wildman–Crippen MR) is 82.1 cm³/mol. The molecule has 1 aromatic rings. The van der Waals surface area contributed by atoms with E-state index < -0.39 is 0 Å². The van der Waals surface area contributed by atoms with Gasteiger partial charge in [-0.25, -0.2) is 0 Å². The molecule has 0 spiro atoms. The molecule has 2 rings (SSSR count). The maximum absolute atomic E-state index is 12.6. The average molecular weight is 298 g/mol. The Morgan fingerprint density at radius 1 is 1.45 bits per heavy atom. The quantitative estimate of drug-likeness (QED) is 0.929. The summed E-state index contributed by atoms with van der Waals surface area (Å²) in [5, 5.41) is 0.625. The lowest BCUT2D eigenvalue weighted by molar-refractivity contribution is 0.0675. The number of aromatic nitrogens is 1. The van der Waals surface area contributed by atoms with Crippen molar-refractivity contribution in [1.29, 1.82) is 0 Å². The standard InChI is InChI=1S/C15H24ClN3O/c1-11(2)19-10-13(16)9-14(19)15(20)18-7-4-12(3-6-17)5-8-18/h9-12H,3-8,17H2,1-2H3. The van der Waals surface area contributed by atoms with Gasteiger partial charge in [-0.3, -0.25) is 4.79 Å². The fourth-order valence-electron chi connectivity index (χ4n) is 2.87. The van der Waals surface area contributed by atoms with Gasteiger partial charge in [-0.2, -0.15) is 0 Å². The van der Waals surface area contributed by atoms with Crippen molar-refractivity contribution < 1.29 is 4.79 Å². The van der Waals surface area contributed by atoms with Crippen molar-refractivity contribution in [2.45, 2.75) is 39.2 Å². The molecule has 0 radical (unpaired) electrons. The van der Waals surface area contributed by atoms with Gasteiger partial charge in [-0.05, 0) is 51.6 Å². The molecule has 5 heteroatoms. The lowest BCUT2D eigenvalue weighted by Crippen LogP contribution is -2.39. The first kappa shape index (κ1) is 15.4. The van der Waals surface area contributed by atoms with Crippen molar-refractivity contribution in [3.63, 3.8) is 0 Å². The number of carbonyl (C=O) groups is 1. The van der Waals surface area contributed by atoms with Gasteiger partial charge in [-0.15, -0.1) is 0 Å². The molecule has 2 N–H and O–H groups in total. The van der Waals surface area contributed by atoms with Crippen LogP contribution in [0.1, 0.15) is 49.6 Å². The van der Waals surface area contributed by atoms with Crippen LogP contribution in [0.15, 0.2) is 12.3 Å². The third-order valence-electron chi connectivity index (χ3n) is 4.07. The minimum absolute atomic E-state index is 0.0943. The van der Waals surface area contributed by atoms with Crippen LogP contribution in [-0.4, -0.2) is 35.0 Å². The number of amides is 1. The second-order valence-electron chi connectivity index (χ2n) is 5.86. The molecule has 1 aliphatic heterocycles. The topological polar surface area (TPSA) is 51.3 Å². The number of hydrogen-bond acceptors (Lipinski definition) is 2. The second kappa shape index (κ2) is 6.64. The third-order valence-corrected chi connectivity index (χ3v) is 4.27. The molecular formula is C15H24ClN3O. The lowest BCUT2D eigenvalue weighted by Gasteiger charge is -2.32. The molecule has 0 unspecified atom stereocenters. The molecule has 1 saturated heterocycles. The highest BCUT2D eigenvalue weighted by Crippen LogP contribution is 2.24. The molecule has 1 aliphatic rings. The fourth-order valence-corrected chi connectivity index (χ4v) is 3.08. The number of nitrogens with zero attached hydrogens (tertiary/aromatic N) is 2. The first-order chi connectivity index (χ1) is 9.52. The number of halogens is 1. The maximum atomic E-state index is 12.6. The molecule has 0 atom stereocenters. The number of piperidine rings is 1. The van der Waals surface area contributed by atoms with E-state index in [1.165, 1.54) is 0 Å². The summed E-state index contributed by atoms with van der Waals surface area (Å²) in [7, 11) is 0. The SMILES string of the molecule is CC(C)n1cc(Cl)cc1C(=O)N1CCC(CCN)CC1. The Kier molecular flexibility index (Phi) is 5.11. The number of hydrogen-bond donors (Lipinski definition) is 1. The van der Waals surface area contributed by atoms with Crippen molar-refractivity contribution in [3.05, 3.63) is 23.0 Å². The zero-order chi connectivity index (χ0) is 14.7. The molecule has 1 aromatic heterocycles. The van der Waals surface area contributed by atoms with Crippen LogP contribution in [0.2, 0.25) is 5.02 Å². The smallest absolute Gasteiger partial charge is 0.270 e. The first-order valence-corrected chi connectivity index (χ1v) is 7.77. The number of nitrogens with two attached hydrogens (primary N) is 1. The van der Waals surface area contributed by atoms with Gasteiger partial charge in [0.05, 0.1) is 5.02 Å². The van der Waals surface area contributed by atoms with E-state index in [-0.39, 0.29) is 11.9 Å². The van der Waals surface area contributed by atoms with Gasteiger partial charge in [0, 0.05) is 25.3 Å². The van der Waals surface area contributed by atoms with E-state index in [2.05, 4.69) is 13.8 Å². The van der Waals surface area contributed by atoms with Crippen LogP contribution in [-0.2, 0) is 0 Å². The largest absolute Gasteiger partial charge is 0.339 e. The number of likely N-dealkylation sites (tertiary alicyclic amines) is 1. The Hall–Kier alpha value is -1.00. The number of carbonyl (C=O) groups excluding carboxylic acids is 1. The predicted octanol–water partition coefficient (Wildman–Crippen LogP) is 2.92. The van der Waals surface area contributed by atoms with Crippen LogP contribution in [0, 0.1) is 5.92 Å². The van der Waals surface area contributed by atoms with Gasteiger partial charge in [0.15, 0.2) is 0 Å². The Labute approximate surface area is 125 Å². The zero-order valence-corrected chi connectivity index (χ0v) is 13.1. The summed E-state index contributed by atoms with van der Waals surface area (Å²) in [5.74, 6) is 0.765. The second-order valence-corrected chi connectivity index (χ2v) is 6.29. The average Bonchev–Trinajstić information content (AvgIpc) is 2.81. The molecule has 0 bridgehead atoms. The van der Waals surface area contributed by atoms with Gasteiger partial charge in [0.2, 0.25) is 0 Å². The highest BCUT2D eigenvalue weighted by molar-refractivity contribution is 6.31. The molecule has 0 saturated carbocycles. The van der Waals surface area contributed by atoms with E-state index in [9.17, 15) is 4.79 Å². The lowest BCUT2D eigenvalue weighted by atomic mass is 9.93. The highest BCUT2D eigenvalue weighted by Gasteiger charge is 2.25. The normalized spacial score (nSPS) is 16.9. The Bertz CT molecular complexity index is 462. The van der Waals surface area contributed by atoms with Crippen LogP contribution in [0.3, 0.4) is 0 Å². The van der Waals surface area contributed by atoms with E-state index in [1.54, 1.807) is 6.07 Å². The van der Waals surface area contributed by atoms with Crippen LogP contribution >= 0.6 is 11.6 Å². The first-order valence-electron chi connectivity index (χ1n) is 7.39. The summed E-state index contributed by atoms with van der Waals surface area (Å²) >= 11 is 6.05. The van der Waals surface area contributed by atoms with E-state index in [4.69, 9.17) is 17.3 Å². The summed E-state index contributed by atoms with van der Waals surface area (Å²) < 4.78 is 1.95. The van der Waals surface area contributed by atoms with Crippen molar-refractivity contribution in [2.24, 2.45) is 11.7 Å². The minimum atomic E-state index is 0.0943. The van der Waals surface area contributed by atoms with Crippen LogP contribution < -0.4 is 5.73 Å². The van der Waals surface area contributed by atoms with E-state index in [1.807, 2.05) is 15.7 Å². The molecule has 0 aromatic carbocycles. The molecular weight excluding hydrogens is 274 g/mol. The third kappa shape index (κ3) is 3.36. The van der Waals surface area contributed by atoms with Gasteiger partial charge in [-0.1, -0.05) is 11.6 Å². The highest BCUT2D eigenvalue weighted by atomic mass is 35.5. The van der Waals surface area contributed by atoms with E-state index in [0.717, 1.165) is 38.9 Å². The summed E-state index contributed by atoms with van der Waals surface area (Å²) in [4.78, 5) is 14.6. The van der Waals surface area contributed by atoms with Crippen LogP contribution in [0.5, 0.6) is 0 Å². The van der Waals surface area contributed by atoms with Crippen molar-refractivity contribution >= 4 is 17.5 Å². The molecule has 1 fully saturated rings. The Morgan fingerprint density at radius 3 is 2.65 bits per heavy atom. The molecule has 112 valence electrons. The molecule has 2 heterocycles.